The Morgan fingerprint density at radius 1 is 1.19 bits per heavy atom. The molecule has 0 saturated heterocycles. The predicted molar refractivity (Wildman–Crippen MR) is 96.7 cm³/mol. The molecule has 2 heterocycles. The van der Waals surface area contributed by atoms with Gasteiger partial charge in [0.15, 0.2) is 0 Å². The van der Waals surface area contributed by atoms with Crippen molar-refractivity contribution in [3.05, 3.63) is 75.2 Å². The van der Waals surface area contributed by atoms with Gasteiger partial charge in [0.05, 0.1) is 0 Å². The molecule has 0 unspecified atom stereocenters. The first kappa shape index (κ1) is 16.9. The van der Waals surface area contributed by atoms with Gasteiger partial charge in [-0.1, -0.05) is 23.8 Å². The van der Waals surface area contributed by atoms with Crippen molar-refractivity contribution < 1.29 is 4.74 Å². The second kappa shape index (κ2) is 6.92. The van der Waals surface area contributed by atoms with Crippen LogP contribution in [-0.4, -0.2) is 9.38 Å². The molecule has 0 aliphatic heterocycles. The molecular formula is C20H14N4O2. The Hall–Kier alpha value is -3.90. The predicted octanol–water partition coefficient (Wildman–Crippen LogP) is 3.53. The maximum absolute atomic E-state index is 12.8. The average molecular weight is 342 g/mol. The monoisotopic (exact) mass is 342 g/mol. The number of pyridine rings is 1. The van der Waals surface area contributed by atoms with E-state index < -0.39 is 5.56 Å². The normalized spacial score (nSPS) is 10.0. The summed E-state index contributed by atoms with van der Waals surface area (Å²) in [5.74, 6) is 0.601. The molecule has 126 valence electrons. The van der Waals surface area contributed by atoms with Crippen molar-refractivity contribution in [1.29, 1.82) is 10.5 Å². The molecule has 0 fully saturated rings. The molecule has 0 radical (unpaired) electrons. The van der Waals surface area contributed by atoms with Gasteiger partial charge in [0.2, 0.25) is 5.88 Å². The van der Waals surface area contributed by atoms with E-state index in [1.54, 1.807) is 42.6 Å². The van der Waals surface area contributed by atoms with Gasteiger partial charge in [-0.05, 0) is 43.7 Å². The molecular weight excluding hydrogens is 328 g/mol. The lowest BCUT2D eigenvalue weighted by Gasteiger charge is -2.12. The molecule has 3 aromatic rings. The summed E-state index contributed by atoms with van der Waals surface area (Å²) >= 11 is 0. The van der Waals surface area contributed by atoms with Gasteiger partial charge < -0.3 is 4.74 Å². The highest BCUT2D eigenvalue weighted by atomic mass is 16.5. The Kier molecular flexibility index (Phi) is 4.51. The summed E-state index contributed by atoms with van der Waals surface area (Å²) in [6.07, 6.45) is 2.77. The maximum Gasteiger partial charge on any atom is 0.269 e. The van der Waals surface area contributed by atoms with Crippen LogP contribution in [0.25, 0.3) is 11.7 Å². The van der Waals surface area contributed by atoms with Crippen LogP contribution in [0.4, 0.5) is 0 Å². The van der Waals surface area contributed by atoms with Gasteiger partial charge in [-0.3, -0.25) is 9.20 Å². The van der Waals surface area contributed by atoms with Crippen LogP contribution in [0, 0.1) is 36.5 Å². The molecule has 6 nitrogen and oxygen atoms in total. The van der Waals surface area contributed by atoms with Crippen LogP contribution in [0.3, 0.4) is 0 Å². The van der Waals surface area contributed by atoms with E-state index in [1.807, 2.05) is 26.0 Å². The van der Waals surface area contributed by atoms with Gasteiger partial charge in [0.1, 0.15) is 34.7 Å². The van der Waals surface area contributed by atoms with Gasteiger partial charge in [0.25, 0.3) is 5.56 Å². The zero-order chi connectivity index (χ0) is 18.7. The summed E-state index contributed by atoms with van der Waals surface area (Å²) in [5.41, 5.74) is 1.80. The SMILES string of the molecule is Cc1ccc(Oc2nc3ccccn3c(=O)c2C=C(C#N)C#N)c(C)c1. The van der Waals surface area contributed by atoms with E-state index in [0.717, 1.165) is 11.1 Å². The molecule has 6 heteroatoms. The van der Waals surface area contributed by atoms with Crippen LogP contribution in [0.2, 0.25) is 0 Å². The zero-order valence-corrected chi connectivity index (χ0v) is 14.2. The molecule has 0 spiro atoms. The van der Waals surface area contributed by atoms with Crippen molar-refractivity contribution in [1.82, 2.24) is 9.38 Å². The van der Waals surface area contributed by atoms with E-state index >= 15 is 0 Å². The first-order valence-corrected chi connectivity index (χ1v) is 7.82. The molecule has 0 aliphatic rings. The Labute approximate surface area is 149 Å². The lowest BCUT2D eigenvalue weighted by molar-refractivity contribution is 0.457. The number of nitriles is 2. The molecule has 26 heavy (non-hydrogen) atoms. The van der Waals surface area contributed by atoms with Gasteiger partial charge in [-0.2, -0.15) is 15.5 Å². The first-order chi connectivity index (χ1) is 12.5. The molecule has 0 aliphatic carbocycles. The van der Waals surface area contributed by atoms with E-state index in [4.69, 9.17) is 15.3 Å². The summed E-state index contributed by atoms with van der Waals surface area (Å²) in [7, 11) is 0. The number of allylic oxidation sites excluding steroid dienone is 1. The number of nitrogens with zero attached hydrogens (tertiary/aromatic N) is 4. The second-order valence-electron chi connectivity index (χ2n) is 5.72. The molecule has 2 aromatic heterocycles. The first-order valence-electron chi connectivity index (χ1n) is 7.82. The van der Waals surface area contributed by atoms with Gasteiger partial charge in [-0.25, -0.2) is 0 Å². The molecule has 3 rings (SSSR count). The van der Waals surface area contributed by atoms with Crippen molar-refractivity contribution in [2.24, 2.45) is 0 Å². The van der Waals surface area contributed by atoms with Gasteiger partial charge >= 0.3 is 0 Å². The number of ether oxygens (including phenoxy) is 1. The number of fused-ring (bicyclic) bond motifs is 1. The minimum absolute atomic E-state index is 0.0479. The standard InChI is InChI=1S/C20H14N4O2/c1-13-6-7-17(14(2)9-13)26-19-16(10-15(11-21)12-22)20(25)24-8-4-3-5-18(24)23-19/h3-10H,1-2H3. The summed E-state index contributed by atoms with van der Waals surface area (Å²) in [5, 5.41) is 18.1. The molecule has 0 bridgehead atoms. The van der Waals surface area contributed by atoms with Gasteiger partial charge in [0, 0.05) is 6.20 Å². The zero-order valence-electron chi connectivity index (χ0n) is 14.2. The number of hydrogen-bond acceptors (Lipinski definition) is 5. The highest BCUT2D eigenvalue weighted by Gasteiger charge is 2.15. The van der Waals surface area contributed by atoms with E-state index in [2.05, 4.69) is 4.98 Å². The minimum Gasteiger partial charge on any atom is -0.438 e. The molecule has 0 amide bonds. The topological polar surface area (TPSA) is 91.2 Å². The average Bonchev–Trinajstić information content (AvgIpc) is 2.64. The van der Waals surface area contributed by atoms with Crippen LogP contribution >= 0.6 is 0 Å². The smallest absolute Gasteiger partial charge is 0.269 e. The Morgan fingerprint density at radius 3 is 2.65 bits per heavy atom. The van der Waals surface area contributed by atoms with Crippen LogP contribution < -0.4 is 10.3 Å². The Morgan fingerprint density at radius 2 is 1.96 bits per heavy atom. The largest absolute Gasteiger partial charge is 0.438 e. The highest BCUT2D eigenvalue weighted by molar-refractivity contribution is 5.66. The number of benzene rings is 1. The molecule has 0 atom stereocenters. The van der Waals surface area contributed by atoms with Crippen LogP contribution in [0.5, 0.6) is 11.6 Å². The van der Waals surface area contributed by atoms with E-state index in [0.29, 0.717) is 11.4 Å². The van der Waals surface area contributed by atoms with Crippen LogP contribution in [-0.2, 0) is 0 Å². The second-order valence-corrected chi connectivity index (χ2v) is 5.72. The van der Waals surface area contributed by atoms with Crippen molar-refractivity contribution in [3.63, 3.8) is 0 Å². The maximum atomic E-state index is 12.8. The lowest BCUT2D eigenvalue weighted by Crippen LogP contribution is -2.18. The lowest BCUT2D eigenvalue weighted by atomic mass is 10.1. The van der Waals surface area contributed by atoms with Crippen molar-refractivity contribution in [2.75, 3.05) is 0 Å². The fraction of sp³-hybridized carbons (Fsp3) is 0.100. The minimum atomic E-state index is -0.418. The molecule has 0 saturated carbocycles. The number of aryl methyl sites for hydroxylation is 2. The molecule has 0 N–H and O–H groups in total. The van der Waals surface area contributed by atoms with Crippen LogP contribution in [0.1, 0.15) is 16.7 Å². The summed E-state index contributed by atoms with van der Waals surface area (Å²) < 4.78 is 7.23. The van der Waals surface area contributed by atoms with E-state index in [1.165, 1.54) is 10.5 Å². The van der Waals surface area contributed by atoms with E-state index in [-0.39, 0.29) is 17.0 Å². The third-order valence-corrected chi connectivity index (χ3v) is 3.80. The third kappa shape index (κ3) is 3.17. The van der Waals surface area contributed by atoms with Crippen molar-refractivity contribution in [2.45, 2.75) is 13.8 Å². The summed E-state index contributed by atoms with van der Waals surface area (Å²) in [4.78, 5) is 17.2. The fourth-order valence-electron chi connectivity index (χ4n) is 2.54. The quantitative estimate of drug-likeness (QED) is 0.679. The Bertz CT molecular complexity index is 1160. The third-order valence-electron chi connectivity index (χ3n) is 3.80. The van der Waals surface area contributed by atoms with E-state index in [9.17, 15) is 4.79 Å². The fourth-order valence-corrected chi connectivity index (χ4v) is 2.54. The van der Waals surface area contributed by atoms with Crippen molar-refractivity contribution >= 4 is 11.7 Å². The number of hydrogen-bond donors (Lipinski definition) is 0. The van der Waals surface area contributed by atoms with Gasteiger partial charge in [-0.15, -0.1) is 0 Å². The van der Waals surface area contributed by atoms with Crippen LogP contribution in [0.15, 0.2) is 53.0 Å². The Balaban J connectivity index is 2.26. The highest BCUT2D eigenvalue weighted by Crippen LogP contribution is 2.27. The number of rotatable bonds is 3. The van der Waals surface area contributed by atoms with Crippen molar-refractivity contribution in [3.8, 4) is 23.8 Å². The summed E-state index contributed by atoms with van der Waals surface area (Å²) in [6, 6.07) is 14.3. The summed E-state index contributed by atoms with van der Waals surface area (Å²) in [6.45, 7) is 3.86. The number of aromatic nitrogens is 2. The molecule has 1 aromatic carbocycles.